The lowest BCUT2D eigenvalue weighted by molar-refractivity contribution is -0.118. The number of aliphatic imine (C=N–C) groups is 2. The summed E-state index contributed by atoms with van der Waals surface area (Å²) in [5.74, 6) is -0.532. The molecule has 4 aliphatic heterocycles. The number of allylic oxidation sites excluding steroid dienone is 5. The fourth-order valence-electron chi connectivity index (χ4n) is 4.66. The number of aromatic nitrogens is 1. The summed E-state index contributed by atoms with van der Waals surface area (Å²) in [6, 6.07) is 12.5. The van der Waals surface area contributed by atoms with Crippen LogP contribution in [0.25, 0.3) is 12.2 Å². The Morgan fingerprint density at radius 3 is 2.50 bits per heavy atom. The Morgan fingerprint density at radius 1 is 0.944 bits per heavy atom. The van der Waals surface area contributed by atoms with Gasteiger partial charge in [0.1, 0.15) is 5.54 Å². The number of amides is 1. The molecular formula is C29H23N5O2. The molecule has 6 rings (SSSR count). The van der Waals surface area contributed by atoms with Crippen LogP contribution in [0.1, 0.15) is 6.92 Å². The second-order valence-corrected chi connectivity index (χ2v) is 9.17. The Balaban J connectivity index is 1.45. The Labute approximate surface area is 207 Å². The molecule has 2 aromatic rings. The Bertz CT molecular complexity index is 1630. The minimum Gasteiger partial charge on any atom is -0.356 e. The van der Waals surface area contributed by atoms with Crippen molar-refractivity contribution < 1.29 is 9.59 Å². The van der Waals surface area contributed by atoms with Crippen LogP contribution in [0.15, 0.2) is 112 Å². The summed E-state index contributed by atoms with van der Waals surface area (Å²) in [4.78, 5) is 39.2. The maximum absolute atomic E-state index is 13.7. The number of para-hydroxylation sites is 1. The van der Waals surface area contributed by atoms with Gasteiger partial charge in [0.25, 0.3) is 0 Å². The fourth-order valence-corrected chi connectivity index (χ4v) is 4.66. The Hall–Kier alpha value is -4.62. The third kappa shape index (κ3) is 4.28. The highest BCUT2D eigenvalue weighted by Crippen LogP contribution is 2.29. The number of nitrogens with zero attached hydrogens (tertiary/aromatic N) is 2. The number of ketones is 1. The first-order valence-corrected chi connectivity index (χ1v) is 11.7. The maximum Gasteiger partial charge on any atom is 0.248 e. The normalized spacial score (nSPS) is 25.1. The van der Waals surface area contributed by atoms with Gasteiger partial charge in [0.15, 0.2) is 5.78 Å². The van der Waals surface area contributed by atoms with Gasteiger partial charge in [-0.15, -0.1) is 0 Å². The molecule has 0 aliphatic carbocycles. The van der Waals surface area contributed by atoms with Gasteiger partial charge in [0.2, 0.25) is 5.91 Å². The van der Waals surface area contributed by atoms with E-state index < -0.39 is 11.6 Å². The Kier molecular flexibility index (Phi) is 5.20. The van der Waals surface area contributed by atoms with Gasteiger partial charge >= 0.3 is 0 Å². The molecule has 8 bridgehead atoms. The predicted molar refractivity (Wildman–Crippen MR) is 142 cm³/mol. The van der Waals surface area contributed by atoms with E-state index in [0.717, 1.165) is 27.8 Å². The molecule has 0 saturated carbocycles. The highest BCUT2D eigenvalue weighted by atomic mass is 16.2. The van der Waals surface area contributed by atoms with E-state index in [-0.39, 0.29) is 11.7 Å². The lowest BCUT2D eigenvalue weighted by Crippen LogP contribution is -2.43. The van der Waals surface area contributed by atoms with E-state index in [1.165, 1.54) is 6.08 Å². The largest absolute Gasteiger partial charge is 0.356 e. The summed E-state index contributed by atoms with van der Waals surface area (Å²) in [6.07, 6.45) is 16.7. The van der Waals surface area contributed by atoms with Gasteiger partial charge in [0.05, 0.1) is 28.9 Å². The van der Waals surface area contributed by atoms with Gasteiger partial charge < -0.3 is 10.3 Å². The fraction of sp³-hybridized carbons (Fsp3) is 0.103. The number of nitrogens with one attached hydrogen (secondary N) is 3. The zero-order chi connectivity index (χ0) is 24.7. The molecule has 0 radical (unpaired) electrons. The number of hydrogen-bond acceptors (Lipinski definition) is 5. The summed E-state index contributed by atoms with van der Waals surface area (Å²) in [5.41, 5.74) is 3.14. The monoisotopic (exact) mass is 473 g/mol. The molecule has 176 valence electrons. The first kappa shape index (κ1) is 21.9. The number of aromatic amines is 1. The average molecular weight is 474 g/mol. The van der Waals surface area contributed by atoms with E-state index in [9.17, 15) is 9.59 Å². The van der Waals surface area contributed by atoms with E-state index in [4.69, 9.17) is 0 Å². The molecule has 4 aliphatic rings. The Morgan fingerprint density at radius 2 is 1.67 bits per heavy atom. The number of hydrogen-bond donors (Lipinski definition) is 3. The molecule has 1 saturated heterocycles. The number of benzene rings is 1. The van der Waals surface area contributed by atoms with Crippen LogP contribution >= 0.6 is 0 Å². The van der Waals surface area contributed by atoms with E-state index in [0.29, 0.717) is 17.0 Å². The second-order valence-electron chi connectivity index (χ2n) is 9.17. The minimum atomic E-state index is -1.02. The third-order valence-corrected chi connectivity index (χ3v) is 6.33. The van der Waals surface area contributed by atoms with Crippen LogP contribution in [0.2, 0.25) is 0 Å². The standard InChI is InChI=1S/C29H23N5O2/c1-29-17-24-12-11-22(32-24)14-20-8-7-19(30-20)13-21-9-10-23(31-21)15-26(34-29)25(28(29)36)16-27(35)33-18-5-3-2-4-6-18/h2-17,26,32,34H,1H3,(H,33,35)/b19-13?,22-14?,23-15?,24-17?,25-16+. The zero-order valence-corrected chi connectivity index (χ0v) is 19.5. The number of anilines is 1. The van der Waals surface area contributed by atoms with Crippen LogP contribution in [0.5, 0.6) is 0 Å². The van der Waals surface area contributed by atoms with Crippen molar-refractivity contribution in [2.75, 3.05) is 5.32 Å². The van der Waals surface area contributed by atoms with Crippen LogP contribution in [0.4, 0.5) is 5.69 Å². The van der Waals surface area contributed by atoms with Crippen LogP contribution in [0, 0.1) is 0 Å². The van der Waals surface area contributed by atoms with Gasteiger partial charge in [-0.1, -0.05) is 18.2 Å². The molecular weight excluding hydrogens is 450 g/mol. The molecule has 2 atom stereocenters. The topological polar surface area (TPSA) is 98.7 Å². The number of carbonyl (C=O) groups excluding carboxylic acids is 2. The summed E-state index contributed by atoms with van der Waals surface area (Å²) in [7, 11) is 0. The number of fused-ring (bicyclic) bond motifs is 6. The van der Waals surface area contributed by atoms with Crippen LogP contribution in [-0.4, -0.2) is 39.7 Å². The number of carbonyl (C=O) groups is 2. The number of rotatable bonds is 2. The average Bonchev–Trinajstić information content (AvgIpc) is 3.62. The van der Waals surface area contributed by atoms with Crippen molar-refractivity contribution >= 4 is 41.0 Å². The minimum absolute atomic E-state index is 0.170. The highest BCUT2D eigenvalue weighted by molar-refractivity contribution is 6.20. The van der Waals surface area contributed by atoms with Crippen LogP contribution in [0.3, 0.4) is 0 Å². The number of H-pyrrole nitrogens is 1. The van der Waals surface area contributed by atoms with Gasteiger partial charge in [-0.25, -0.2) is 9.98 Å². The van der Waals surface area contributed by atoms with Crippen molar-refractivity contribution in [3.63, 3.8) is 0 Å². The van der Waals surface area contributed by atoms with E-state index in [1.54, 1.807) is 12.1 Å². The molecule has 5 heterocycles. The van der Waals surface area contributed by atoms with Crippen molar-refractivity contribution in [1.82, 2.24) is 10.3 Å². The van der Waals surface area contributed by atoms with E-state index in [2.05, 4.69) is 25.6 Å². The molecule has 0 spiro atoms. The summed E-state index contributed by atoms with van der Waals surface area (Å²) in [5, 5.41) is 7.91. The predicted octanol–water partition coefficient (Wildman–Crippen LogP) is 2.24. The van der Waals surface area contributed by atoms with E-state index >= 15 is 0 Å². The molecule has 7 heteroatoms. The third-order valence-electron chi connectivity index (χ3n) is 6.33. The zero-order valence-electron chi connectivity index (χ0n) is 19.5. The molecule has 3 N–H and O–H groups in total. The molecule has 7 nitrogen and oxygen atoms in total. The highest BCUT2D eigenvalue weighted by Gasteiger charge is 2.44. The van der Waals surface area contributed by atoms with Gasteiger partial charge in [-0.05, 0) is 79.8 Å². The number of Topliss-reactive ketones (excluding diaryl/α,β-unsaturated/α-hetero) is 1. The molecule has 1 aromatic heterocycles. The summed E-state index contributed by atoms with van der Waals surface area (Å²) in [6.45, 7) is 1.82. The van der Waals surface area contributed by atoms with Crippen molar-refractivity contribution in [1.29, 1.82) is 0 Å². The van der Waals surface area contributed by atoms with Gasteiger partial charge in [0, 0.05) is 28.0 Å². The summed E-state index contributed by atoms with van der Waals surface area (Å²) < 4.78 is 0. The van der Waals surface area contributed by atoms with Crippen molar-refractivity contribution in [2.45, 2.75) is 18.5 Å². The summed E-state index contributed by atoms with van der Waals surface area (Å²) >= 11 is 0. The second kappa shape index (κ2) is 8.55. The SMILES string of the molecule is CC12C=c3ccc([nH]3)=CC3=NC(=CC4=NC(=CC(N1)/C(=C\C(=O)Nc1ccccc1)C2=O)C=C4)C=C3. The maximum atomic E-state index is 13.7. The first-order chi connectivity index (χ1) is 17.4. The molecule has 1 fully saturated rings. The lowest BCUT2D eigenvalue weighted by atomic mass is 9.94. The molecule has 2 unspecified atom stereocenters. The quantitative estimate of drug-likeness (QED) is 0.584. The van der Waals surface area contributed by atoms with E-state index in [1.807, 2.05) is 85.9 Å². The molecule has 36 heavy (non-hydrogen) atoms. The van der Waals surface area contributed by atoms with Crippen LogP contribution < -0.4 is 21.3 Å². The van der Waals surface area contributed by atoms with Gasteiger partial charge in [-0.2, -0.15) is 0 Å². The molecule has 1 aromatic carbocycles. The van der Waals surface area contributed by atoms with Crippen molar-refractivity contribution in [3.8, 4) is 0 Å². The lowest BCUT2D eigenvalue weighted by Gasteiger charge is -2.18. The molecule has 1 amide bonds. The smallest absolute Gasteiger partial charge is 0.248 e. The van der Waals surface area contributed by atoms with Crippen molar-refractivity contribution in [3.05, 3.63) is 113 Å². The van der Waals surface area contributed by atoms with Gasteiger partial charge in [-0.3, -0.25) is 14.9 Å². The van der Waals surface area contributed by atoms with Crippen LogP contribution in [-0.2, 0) is 9.59 Å². The first-order valence-electron chi connectivity index (χ1n) is 11.7. The van der Waals surface area contributed by atoms with Crippen molar-refractivity contribution in [2.24, 2.45) is 9.98 Å².